The van der Waals surface area contributed by atoms with Crippen LogP contribution in [0.25, 0.3) is 0 Å². The summed E-state index contributed by atoms with van der Waals surface area (Å²) in [7, 11) is 1.97. The summed E-state index contributed by atoms with van der Waals surface area (Å²) in [6.45, 7) is 3.65. The number of aromatic nitrogens is 2. The molecule has 106 valence electrons. The van der Waals surface area contributed by atoms with E-state index >= 15 is 0 Å². The summed E-state index contributed by atoms with van der Waals surface area (Å²) >= 11 is 0. The highest BCUT2D eigenvalue weighted by molar-refractivity contribution is 5.52. The van der Waals surface area contributed by atoms with Crippen molar-refractivity contribution in [1.29, 1.82) is 0 Å². The quantitative estimate of drug-likeness (QED) is 0.495. The molecule has 0 aromatic carbocycles. The summed E-state index contributed by atoms with van der Waals surface area (Å²) < 4.78 is 14.2. The second kappa shape index (κ2) is 5.64. The normalized spacial score (nSPS) is 20.7. The van der Waals surface area contributed by atoms with E-state index in [0.29, 0.717) is 18.9 Å². The smallest absolute Gasteiger partial charge is 0.209 e. The molecule has 0 amide bonds. The zero-order chi connectivity index (χ0) is 14.0. The summed E-state index contributed by atoms with van der Waals surface area (Å²) in [5.41, 5.74) is 2.23. The van der Waals surface area contributed by atoms with Crippen molar-refractivity contribution in [1.82, 2.24) is 14.9 Å². The fourth-order valence-corrected chi connectivity index (χ4v) is 2.28. The average Bonchev–Trinajstić information content (AvgIpc) is 2.41. The van der Waals surface area contributed by atoms with Crippen LogP contribution in [0.15, 0.2) is 0 Å². The minimum absolute atomic E-state index is 0.0295. The van der Waals surface area contributed by atoms with Crippen molar-refractivity contribution in [3.05, 3.63) is 11.6 Å². The maximum Gasteiger partial charge on any atom is 0.209 e. The van der Waals surface area contributed by atoms with Crippen LogP contribution in [-0.4, -0.2) is 59.3 Å². The number of nitrogens with two attached hydrogens (primary N) is 1. The number of hydrazine groups is 1. The van der Waals surface area contributed by atoms with Crippen molar-refractivity contribution >= 4 is 11.6 Å². The molecule has 0 bridgehead atoms. The number of likely N-dealkylation sites (N-methyl/N-ethyl adjacent to an activating group) is 1. The number of anilines is 2. The van der Waals surface area contributed by atoms with Gasteiger partial charge in [0.05, 0.1) is 12.6 Å². The molecule has 1 aliphatic rings. The molecule has 1 atom stereocenters. The van der Waals surface area contributed by atoms with Gasteiger partial charge < -0.3 is 20.3 Å². The summed E-state index contributed by atoms with van der Waals surface area (Å²) in [5.74, 6) is 5.25. The van der Waals surface area contributed by atoms with Crippen molar-refractivity contribution in [2.45, 2.75) is 13.0 Å². The van der Waals surface area contributed by atoms with Gasteiger partial charge in [-0.2, -0.15) is 4.39 Å². The zero-order valence-corrected chi connectivity index (χ0v) is 11.1. The number of aliphatic hydroxyl groups excluding tert-OH is 1. The van der Waals surface area contributed by atoms with E-state index in [4.69, 9.17) is 5.84 Å². The van der Waals surface area contributed by atoms with Crippen LogP contribution in [0.3, 0.4) is 0 Å². The molecule has 0 radical (unpaired) electrons. The fourth-order valence-electron chi connectivity index (χ4n) is 2.28. The van der Waals surface area contributed by atoms with Gasteiger partial charge in [0, 0.05) is 19.6 Å². The summed E-state index contributed by atoms with van der Waals surface area (Å²) in [6, 6.07) is -0.187. The van der Waals surface area contributed by atoms with Crippen LogP contribution in [0.1, 0.15) is 5.82 Å². The predicted octanol–water partition coefficient (Wildman–Crippen LogP) is -0.678. The topological polar surface area (TPSA) is 90.5 Å². The number of hydrogen-bond acceptors (Lipinski definition) is 7. The number of piperazine rings is 1. The van der Waals surface area contributed by atoms with Crippen LogP contribution in [0, 0.1) is 12.7 Å². The van der Waals surface area contributed by atoms with Crippen LogP contribution in [0.4, 0.5) is 16.0 Å². The molecule has 2 heterocycles. The number of nitrogens with one attached hydrogen (secondary N) is 1. The van der Waals surface area contributed by atoms with Gasteiger partial charge in [0.15, 0.2) is 11.6 Å². The van der Waals surface area contributed by atoms with Gasteiger partial charge in [-0.1, -0.05) is 0 Å². The van der Waals surface area contributed by atoms with Crippen molar-refractivity contribution in [3.63, 3.8) is 0 Å². The lowest BCUT2D eigenvalue weighted by atomic mass is 10.2. The first-order valence-electron chi connectivity index (χ1n) is 6.13. The largest absolute Gasteiger partial charge is 0.394 e. The Balaban J connectivity index is 2.37. The Morgan fingerprint density at radius 1 is 1.47 bits per heavy atom. The summed E-state index contributed by atoms with van der Waals surface area (Å²) in [6.07, 6.45) is 0. The SMILES string of the molecule is Cc1nc(NN)c(F)c(N2CCN(C)C[C@@H]2CO)n1. The molecule has 0 saturated carbocycles. The van der Waals surface area contributed by atoms with Crippen LogP contribution >= 0.6 is 0 Å². The molecular weight excluding hydrogens is 251 g/mol. The van der Waals surface area contributed by atoms with Crippen LogP contribution in [0.2, 0.25) is 0 Å². The molecule has 1 saturated heterocycles. The Labute approximate surface area is 111 Å². The van der Waals surface area contributed by atoms with E-state index in [-0.39, 0.29) is 24.3 Å². The molecule has 0 aliphatic carbocycles. The first-order chi connectivity index (χ1) is 9.06. The molecule has 1 aromatic rings. The lowest BCUT2D eigenvalue weighted by Crippen LogP contribution is -2.54. The Morgan fingerprint density at radius 2 is 2.21 bits per heavy atom. The van der Waals surface area contributed by atoms with Gasteiger partial charge in [-0.3, -0.25) is 0 Å². The average molecular weight is 270 g/mol. The number of nitrogens with zero attached hydrogens (tertiary/aromatic N) is 4. The zero-order valence-electron chi connectivity index (χ0n) is 11.1. The number of aryl methyl sites for hydroxylation is 1. The third-order valence-electron chi connectivity index (χ3n) is 3.25. The second-order valence-corrected chi connectivity index (χ2v) is 4.69. The molecule has 0 unspecified atom stereocenters. The van der Waals surface area contributed by atoms with Gasteiger partial charge >= 0.3 is 0 Å². The third kappa shape index (κ3) is 2.75. The first kappa shape index (κ1) is 13.9. The maximum atomic E-state index is 14.2. The van der Waals surface area contributed by atoms with E-state index in [1.807, 2.05) is 7.05 Å². The van der Waals surface area contributed by atoms with Crippen molar-refractivity contribution in [2.75, 3.05) is 43.6 Å². The maximum absolute atomic E-state index is 14.2. The van der Waals surface area contributed by atoms with E-state index in [1.54, 1.807) is 11.8 Å². The molecule has 0 spiro atoms. The molecule has 1 aliphatic heterocycles. The monoisotopic (exact) mass is 270 g/mol. The van der Waals surface area contributed by atoms with Crippen molar-refractivity contribution < 1.29 is 9.50 Å². The van der Waals surface area contributed by atoms with E-state index in [2.05, 4.69) is 20.3 Å². The number of halogens is 1. The van der Waals surface area contributed by atoms with Gasteiger partial charge in [0.2, 0.25) is 5.82 Å². The van der Waals surface area contributed by atoms with Crippen LogP contribution < -0.4 is 16.2 Å². The third-order valence-corrected chi connectivity index (χ3v) is 3.25. The molecular formula is C11H19FN6O. The highest BCUT2D eigenvalue weighted by atomic mass is 19.1. The van der Waals surface area contributed by atoms with Gasteiger partial charge in [-0.25, -0.2) is 15.8 Å². The number of hydrogen-bond donors (Lipinski definition) is 3. The van der Waals surface area contributed by atoms with Gasteiger partial charge in [-0.05, 0) is 14.0 Å². The Bertz CT molecular complexity index is 457. The van der Waals surface area contributed by atoms with Crippen molar-refractivity contribution in [2.24, 2.45) is 5.84 Å². The second-order valence-electron chi connectivity index (χ2n) is 4.69. The van der Waals surface area contributed by atoms with Gasteiger partial charge in [-0.15, -0.1) is 0 Å². The number of aliphatic hydroxyl groups is 1. The molecule has 1 fully saturated rings. The molecule has 19 heavy (non-hydrogen) atoms. The lowest BCUT2D eigenvalue weighted by molar-refractivity contribution is 0.189. The lowest BCUT2D eigenvalue weighted by Gasteiger charge is -2.40. The van der Waals surface area contributed by atoms with E-state index < -0.39 is 5.82 Å². The summed E-state index contributed by atoms with van der Waals surface area (Å²) in [5, 5.41) is 9.45. The minimum Gasteiger partial charge on any atom is -0.394 e. The molecule has 1 aromatic heterocycles. The predicted molar refractivity (Wildman–Crippen MR) is 70.3 cm³/mol. The van der Waals surface area contributed by atoms with Crippen molar-refractivity contribution in [3.8, 4) is 0 Å². The van der Waals surface area contributed by atoms with Crippen LogP contribution in [-0.2, 0) is 0 Å². The van der Waals surface area contributed by atoms with E-state index in [1.165, 1.54) is 0 Å². The molecule has 2 rings (SSSR count). The molecule has 8 heteroatoms. The Hall–Kier alpha value is -1.51. The Morgan fingerprint density at radius 3 is 2.84 bits per heavy atom. The van der Waals surface area contributed by atoms with E-state index in [9.17, 15) is 9.50 Å². The first-order valence-corrected chi connectivity index (χ1v) is 6.13. The van der Waals surface area contributed by atoms with Gasteiger partial charge in [0.1, 0.15) is 5.82 Å². The highest BCUT2D eigenvalue weighted by Gasteiger charge is 2.29. The summed E-state index contributed by atoms with van der Waals surface area (Å²) in [4.78, 5) is 11.9. The number of rotatable bonds is 3. The standard InChI is InChI=1S/C11H19FN6O/c1-7-14-10(16-13)9(12)11(15-7)18-4-3-17(2)5-8(18)6-19/h8,19H,3-6,13H2,1-2H3,(H,14,15,16)/t8-/m1/s1. The molecule has 4 N–H and O–H groups in total. The minimum atomic E-state index is -0.587. The van der Waals surface area contributed by atoms with E-state index in [0.717, 1.165) is 6.54 Å². The highest BCUT2D eigenvalue weighted by Crippen LogP contribution is 2.25. The van der Waals surface area contributed by atoms with Gasteiger partial charge in [0.25, 0.3) is 0 Å². The Kier molecular flexibility index (Phi) is 4.13. The molecule has 7 nitrogen and oxygen atoms in total. The fraction of sp³-hybridized carbons (Fsp3) is 0.636. The van der Waals surface area contributed by atoms with Crippen LogP contribution in [0.5, 0.6) is 0 Å². The number of nitrogen functional groups attached to an aromatic ring is 1.